The second-order valence-corrected chi connectivity index (χ2v) is 8.41. The Morgan fingerprint density at radius 2 is 2.04 bits per heavy atom. The molecule has 26 heavy (non-hydrogen) atoms. The number of thioether (sulfide) groups is 1. The van der Waals surface area contributed by atoms with Crippen LogP contribution in [0.4, 0.5) is 0 Å². The minimum absolute atomic E-state index is 0.435. The summed E-state index contributed by atoms with van der Waals surface area (Å²) in [6.45, 7) is 3.18. The molecule has 0 aromatic carbocycles. The average Bonchev–Trinajstić information content (AvgIpc) is 2.96. The molecule has 10 heteroatoms. The highest BCUT2D eigenvalue weighted by Crippen LogP contribution is 2.16. The van der Waals surface area contributed by atoms with Crippen LogP contribution in [-0.2, 0) is 12.3 Å². The van der Waals surface area contributed by atoms with E-state index in [1.807, 2.05) is 28.2 Å². The smallest absolute Gasteiger partial charge is 0.274 e. The van der Waals surface area contributed by atoms with E-state index in [2.05, 4.69) is 30.8 Å². The summed E-state index contributed by atoms with van der Waals surface area (Å²) in [5, 5.41) is 20.2. The van der Waals surface area contributed by atoms with E-state index in [-0.39, 0.29) is 0 Å². The van der Waals surface area contributed by atoms with Crippen LogP contribution in [0.2, 0.25) is 0 Å². The zero-order valence-corrected chi connectivity index (χ0v) is 17.7. The van der Waals surface area contributed by atoms with Crippen LogP contribution in [0.5, 0.6) is 0 Å². The van der Waals surface area contributed by atoms with Crippen molar-refractivity contribution in [1.82, 2.24) is 25.4 Å². The lowest BCUT2D eigenvalue weighted by atomic mass is 10.4. The van der Waals surface area contributed by atoms with E-state index in [1.54, 1.807) is 23.1 Å². The second-order valence-electron chi connectivity index (χ2n) is 6.36. The van der Waals surface area contributed by atoms with Crippen molar-refractivity contribution in [2.24, 2.45) is 0 Å². The molecule has 0 spiro atoms. The molecule has 0 aliphatic carbocycles. The van der Waals surface area contributed by atoms with E-state index in [1.165, 1.54) is 0 Å². The average molecular weight is 403 g/mol. The zero-order valence-electron chi connectivity index (χ0n) is 16.0. The fraction of sp³-hybridized carbons (Fsp3) is 0.688. The van der Waals surface area contributed by atoms with Crippen molar-refractivity contribution in [3.05, 3.63) is 38.2 Å². The van der Waals surface area contributed by atoms with Crippen molar-refractivity contribution in [3.63, 3.8) is 0 Å². The second kappa shape index (κ2) is 12.9. The summed E-state index contributed by atoms with van der Waals surface area (Å²) in [5.41, 5.74) is 1.10. The van der Waals surface area contributed by atoms with Crippen LogP contribution >= 0.6 is 23.1 Å². The summed E-state index contributed by atoms with van der Waals surface area (Å²) in [7, 11) is 8.09. The molecule has 0 fully saturated rings. The SMILES string of the molecule is CN(C)CCCNC(=C[N+](=O)[O-])NCCSCc1csc(CN(C)C)n1. The van der Waals surface area contributed by atoms with Gasteiger partial charge in [0.05, 0.1) is 10.6 Å². The van der Waals surface area contributed by atoms with E-state index in [9.17, 15) is 10.1 Å². The number of aromatic nitrogens is 1. The van der Waals surface area contributed by atoms with E-state index in [0.717, 1.165) is 47.9 Å². The third-order valence-electron chi connectivity index (χ3n) is 3.19. The van der Waals surface area contributed by atoms with Gasteiger partial charge in [-0.2, -0.15) is 11.8 Å². The van der Waals surface area contributed by atoms with E-state index < -0.39 is 4.92 Å². The van der Waals surface area contributed by atoms with Crippen molar-refractivity contribution >= 4 is 23.1 Å². The van der Waals surface area contributed by atoms with Gasteiger partial charge in [-0.3, -0.25) is 10.1 Å². The first-order valence-electron chi connectivity index (χ1n) is 8.50. The van der Waals surface area contributed by atoms with Crippen LogP contribution in [0.15, 0.2) is 17.4 Å². The van der Waals surface area contributed by atoms with Crippen molar-refractivity contribution in [3.8, 4) is 0 Å². The van der Waals surface area contributed by atoms with Crippen LogP contribution in [0.1, 0.15) is 17.1 Å². The molecular weight excluding hydrogens is 372 g/mol. The zero-order chi connectivity index (χ0) is 19.4. The largest absolute Gasteiger partial charge is 0.367 e. The summed E-state index contributed by atoms with van der Waals surface area (Å²) in [4.78, 5) is 19.1. The number of hydrogen-bond acceptors (Lipinski definition) is 9. The van der Waals surface area contributed by atoms with Crippen LogP contribution in [0.3, 0.4) is 0 Å². The molecule has 1 aromatic rings. The maximum atomic E-state index is 10.7. The van der Waals surface area contributed by atoms with Gasteiger partial charge in [0.2, 0.25) is 0 Å². The number of rotatable bonds is 14. The highest BCUT2D eigenvalue weighted by atomic mass is 32.2. The predicted molar refractivity (Wildman–Crippen MR) is 110 cm³/mol. The van der Waals surface area contributed by atoms with Crippen LogP contribution in [-0.4, -0.2) is 73.3 Å². The Morgan fingerprint density at radius 3 is 2.69 bits per heavy atom. The lowest BCUT2D eigenvalue weighted by Crippen LogP contribution is -2.30. The summed E-state index contributed by atoms with van der Waals surface area (Å²) >= 11 is 3.46. The van der Waals surface area contributed by atoms with Crippen LogP contribution in [0, 0.1) is 10.1 Å². The standard InChI is InChI=1S/C16H30N6O2S2/c1-20(2)8-5-6-17-15(10-22(23)24)18-7-9-25-12-14-13-26-16(19-14)11-21(3)4/h10,13,17-18H,5-9,11-12H2,1-4H3. The van der Waals surface area contributed by atoms with Crippen LogP contribution < -0.4 is 10.6 Å². The Kier molecular flexibility index (Phi) is 11.3. The Bertz CT molecular complexity index is 563. The lowest BCUT2D eigenvalue weighted by molar-refractivity contribution is -0.404. The first-order valence-corrected chi connectivity index (χ1v) is 10.5. The van der Waals surface area contributed by atoms with Gasteiger partial charge in [0.15, 0.2) is 5.82 Å². The van der Waals surface area contributed by atoms with Gasteiger partial charge in [-0.25, -0.2) is 4.98 Å². The molecule has 0 unspecified atom stereocenters. The van der Waals surface area contributed by atoms with Gasteiger partial charge in [0, 0.05) is 36.5 Å². The van der Waals surface area contributed by atoms with Gasteiger partial charge in [0.1, 0.15) is 5.01 Å². The van der Waals surface area contributed by atoms with Gasteiger partial charge in [-0.15, -0.1) is 11.3 Å². The maximum Gasteiger partial charge on any atom is 0.274 e. The number of nitrogens with one attached hydrogen (secondary N) is 2. The Labute approximate surface area is 164 Å². The molecule has 0 aliphatic rings. The minimum atomic E-state index is -0.435. The molecule has 1 aromatic heterocycles. The molecule has 0 aliphatic heterocycles. The summed E-state index contributed by atoms with van der Waals surface area (Å²) in [5.74, 6) is 2.18. The molecule has 0 amide bonds. The van der Waals surface area contributed by atoms with Crippen molar-refractivity contribution < 1.29 is 4.92 Å². The fourth-order valence-corrected chi connectivity index (χ4v) is 3.83. The normalized spacial score (nSPS) is 12.0. The lowest BCUT2D eigenvalue weighted by Gasteiger charge is -2.13. The number of nitro groups is 1. The molecule has 0 saturated heterocycles. The van der Waals surface area contributed by atoms with Crippen molar-refractivity contribution in [1.29, 1.82) is 0 Å². The number of thiazole rings is 1. The topological polar surface area (TPSA) is 86.6 Å². The van der Waals surface area contributed by atoms with E-state index in [0.29, 0.717) is 18.9 Å². The Hall–Kier alpha value is -1.36. The number of nitrogens with zero attached hydrogens (tertiary/aromatic N) is 4. The molecular formula is C16H30N6O2S2. The molecule has 0 radical (unpaired) electrons. The summed E-state index contributed by atoms with van der Waals surface area (Å²) < 4.78 is 0. The maximum absolute atomic E-state index is 10.7. The van der Waals surface area contributed by atoms with Crippen LogP contribution in [0.25, 0.3) is 0 Å². The summed E-state index contributed by atoms with van der Waals surface area (Å²) in [6, 6.07) is 0. The quantitative estimate of drug-likeness (QED) is 0.276. The predicted octanol–water partition coefficient (Wildman–Crippen LogP) is 1.64. The molecule has 0 atom stereocenters. The van der Waals surface area contributed by atoms with E-state index in [4.69, 9.17) is 0 Å². The molecule has 0 bridgehead atoms. The molecule has 0 saturated carbocycles. The molecule has 148 valence electrons. The molecule has 2 N–H and O–H groups in total. The van der Waals surface area contributed by atoms with Crippen molar-refractivity contribution in [2.45, 2.75) is 18.7 Å². The molecule has 1 heterocycles. The van der Waals surface area contributed by atoms with Crippen molar-refractivity contribution in [2.75, 3.05) is 53.6 Å². The number of hydrogen-bond donors (Lipinski definition) is 2. The van der Waals surface area contributed by atoms with Gasteiger partial charge < -0.3 is 20.4 Å². The van der Waals surface area contributed by atoms with Gasteiger partial charge in [-0.05, 0) is 41.2 Å². The first kappa shape index (κ1) is 22.7. The molecule has 8 nitrogen and oxygen atoms in total. The Morgan fingerprint density at radius 1 is 1.31 bits per heavy atom. The van der Waals surface area contributed by atoms with E-state index >= 15 is 0 Å². The monoisotopic (exact) mass is 402 g/mol. The third-order valence-corrected chi connectivity index (χ3v) is 5.07. The third kappa shape index (κ3) is 11.3. The first-order chi connectivity index (χ1) is 12.4. The van der Waals surface area contributed by atoms with Gasteiger partial charge in [0.25, 0.3) is 6.20 Å². The van der Waals surface area contributed by atoms with Gasteiger partial charge >= 0.3 is 0 Å². The Balaban J connectivity index is 2.25. The summed E-state index contributed by atoms with van der Waals surface area (Å²) in [6.07, 6.45) is 1.92. The highest BCUT2D eigenvalue weighted by molar-refractivity contribution is 7.98. The highest BCUT2D eigenvalue weighted by Gasteiger charge is 2.05. The van der Waals surface area contributed by atoms with Gasteiger partial charge in [-0.1, -0.05) is 0 Å². The fourth-order valence-electron chi connectivity index (χ4n) is 2.07. The minimum Gasteiger partial charge on any atom is -0.367 e. The molecule has 1 rings (SSSR count).